The van der Waals surface area contributed by atoms with Crippen LogP contribution in [0.3, 0.4) is 0 Å². The fourth-order valence-corrected chi connectivity index (χ4v) is 2.22. The molecule has 1 aromatic carbocycles. The smallest absolute Gasteiger partial charge is 0.126 e. The van der Waals surface area contributed by atoms with Crippen LogP contribution in [0.4, 0.5) is 5.82 Å². The second-order valence-electron chi connectivity index (χ2n) is 4.42. The molecule has 0 saturated carbocycles. The van der Waals surface area contributed by atoms with Gasteiger partial charge in [-0.2, -0.15) is 5.26 Å². The third-order valence-corrected chi connectivity index (χ3v) is 3.17. The van der Waals surface area contributed by atoms with Crippen LogP contribution in [0.15, 0.2) is 42.6 Å². The van der Waals surface area contributed by atoms with E-state index in [-0.39, 0.29) is 6.04 Å². The predicted octanol–water partition coefficient (Wildman–Crippen LogP) is 2.89. The van der Waals surface area contributed by atoms with Gasteiger partial charge in [-0.3, -0.25) is 0 Å². The van der Waals surface area contributed by atoms with Gasteiger partial charge in [0.2, 0.25) is 0 Å². The maximum atomic E-state index is 8.75. The molecular formula is C15H13N3O. The molecule has 19 heavy (non-hydrogen) atoms. The van der Waals surface area contributed by atoms with E-state index >= 15 is 0 Å². The maximum absolute atomic E-state index is 8.75. The number of nitrogens with zero attached hydrogens (tertiary/aromatic N) is 2. The van der Waals surface area contributed by atoms with Gasteiger partial charge in [-0.15, -0.1) is 0 Å². The van der Waals surface area contributed by atoms with Crippen LogP contribution in [0.5, 0.6) is 5.75 Å². The van der Waals surface area contributed by atoms with Gasteiger partial charge >= 0.3 is 0 Å². The molecule has 4 nitrogen and oxygen atoms in total. The van der Waals surface area contributed by atoms with E-state index < -0.39 is 0 Å². The summed E-state index contributed by atoms with van der Waals surface area (Å²) < 4.78 is 5.62. The summed E-state index contributed by atoms with van der Waals surface area (Å²) in [5.74, 6) is 1.71. The average molecular weight is 251 g/mol. The minimum atomic E-state index is 0.199. The SMILES string of the molecule is N#Cc1ccc(N[C@H]2CCOc3ccccc32)nc1. The van der Waals surface area contributed by atoms with E-state index in [0.29, 0.717) is 12.2 Å². The van der Waals surface area contributed by atoms with Crippen molar-refractivity contribution in [2.75, 3.05) is 11.9 Å². The molecular weight excluding hydrogens is 238 g/mol. The lowest BCUT2D eigenvalue weighted by molar-refractivity contribution is 0.274. The number of hydrogen-bond donors (Lipinski definition) is 1. The van der Waals surface area contributed by atoms with Gasteiger partial charge in [0.25, 0.3) is 0 Å². The van der Waals surface area contributed by atoms with Gasteiger partial charge < -0.3 is 10.1 Å². The van der Waals surface area contributed by atoms with Crippen molar-refractivity contribution < 1.29 is 4.74 Å². The average Bonchev–Trinajstić information content (AvgIpc) is 2.48. The number of nitriles is 1. The van der Waals surface area contributed by atoms with Crippen LogP contribution in [0.25, 0.3) is 0 Å². The van der Waals surface area contributed by atoms with Crippen LogP contribution in [0.2, 0.25) is 0 Å². The monoisotopic (exact) mass is 251 g/mol. The van der Waals surface area contributed by atoms with Crippen LogP contribution >= 0.6 is 0 Å². The van der Waals surface area contributed by atoms with Gasteiger partial charge in [0.1, 0.15) is 17.6 Å². The van der Waals surface area contributed by atoms with Crippen molar-refractivity contribution in [3.05, 3.63) is 53.7 Å². The zero-order valence-electron chi connectivity index (χ0n) is 10.3. The van der Waals surface area contributed by atoms with Crippen molar-refractivity contribution in [3.8, 4) is 11.8 Å². The van der Waals surface area contributed by atoms with Crippen molar-refractivity contribution in [2.24, 2.45) is 0 Å². The molecule has 1 atom stereocenters. The number of benzene rings is 1. The number of aromatic nitrogens is 1. The maximum Gasteiger partial charge on any atom is 0.126 e. The standard InChI is InChI=1S/C15H13N3O/c16-9-11-5-6-15(17-10-11)18-13-7-8-19-14-4-2-1-3-12(13)14/h1-6,10,13H,7-8H2,(H,17,18)/t13-/m0/s1. The second-order valence-corrected chi connectivity index (χ2v) is 4.42. The van der Waals surface area contributed by atoms with Gasteiger partial charge in [-0.1, -0.05) is 18.2 Å². The summed E-state index contributed by atoms with van der Waals surface area (Å²) in [6.45, 7) is 0.699. The first-order valence-electron chi connectivity index (χ1n) is 6.21. The lowest BCUT2D eigenvalue weighted by Crippen LogP contribution is -2.20. The summed E-state index contributed by atoms with van der Waals surface area (Å²) in [7, 11) is 0. The fraction of sp³-hybridized carbons (Fsp3) is 0.200. The summed E-state index contributed by atoms with van der Waals surface area (Å²) >= 11 is 0. The number of hydrogen-bond acceptors (Lipinski definition) is 4. The largest absolute Gasteiger partial charge is 0.493 e. The molecule has 1 aliphatic rings. The van der Waals surface area contributed by atoms with Crippen LogP contribution < -0.4 is 10.1 Å². The Hall–Kier alpha value is -2.54. The van der Waals surface area contributed by atoms with Crippen LogP contribution in [-0.2, 0) is 0 Å². The van der Waals surface area contributed by atoms with E-state index in [0.717, 1.165) is 23.6 Å². The zero-order valence-corrected chi connectivity index (χ0v) is 10.3. The summed E-state index contributed by atoms with van der Waals surface area (Å²) in [5, 5.41) is 12.1. The molecule has 1 N–H and O–H groups in total. The Kier molecular flexibility index (Phi) is 3.03. The van der Waals surface area contributed by atoms with Crippen molar-refractivity contribution in [3.63, 3.8) is 0 Å². The summed E-state index contributed by atoms with van der Waals surface area (Å²) in [6, 6.07) is 13.9. The van der Waals surface area contributed by atoms with E-state index in [1.165, 1.54) is 0 Å². The highest BCUT2D eigenvalue weighted by molar-refractivity contribution is 5.45. The Labute approximate surface area is 111 Å². The quantitative estimate of drug-likeness (QED) is 0.891. The Bertz CT molecular complexity index is 616. The van der Waals surface area contributed by atoms with Gasteiger partial charge in [0.05, 0.1) is 18.2 Å². The Morgan fingerprint density at radius 3 is 2.95 bits per heavy atom. The molecule has 1 aromatic heterocycles. The van der Waals surface area contributed by atoms with E-state index in [1.54, 1.807) is 12.3 Å². The van der Waals surface area contributed by atoms with E-state index in [1.807, 2.05) is 24.3 Å². The molecule has 0 unspecified atom stereocenters. The van der Waals surface area contributed by atoms with Gasteiger partial charge in [0.15, 0.2) is 0 Å². The van der Waals surface area contributed by atoms with Gasteiger partial charge in [-0.25, -0.2) is 4.98 Å². The number of para-hydroxylation sites is 1. The normalized spacial score (nSPS) is 16.9. The summed E-state index contributed by atoms with van der Waals surface area (Å²) in [6.07, 6.45) is 2.48. The van der Waals surface area contributed by atoms with Crippen LogP contribution in [-0.4, -0.2) is 11.6 Å². The molecule has 2 heterocycles. The lowest BCUT2D eigenvalue weighted by Gasteiger charge is -2.26. The number of nitrogens with one attached hydrogen (secondary N) is 1. The van der Waals surface area contributed by atoms with E-state index in [2.05, 4.69) is 22.4 Å². The highest BCUT2D eigenvalue weighted by Crippen LogP contribution is 2.33. The molecule has 0 fully saturated rings. The topological polar surface area (TPSA) is 57.9 Å². The number of anilines is 1. The minimum absolute atomic E-state index is 0.199. The molecule has 0 aliphatic carbocycles. The molecule has 94 valence electrons. The van der Waals surface area contributed by atoms with Crippen molar-refractivity contribution in [2.45, 2.75) is 12.5 Å². The molecule has 2 aromatic rings. The number of rotatable bonds is 2. The minimum Gasteiger partial charge on any atom is -0.493 e. The zero-order chi connectivity index (χ0) is 13.1. The number of ether oxygens (including phenoxy) is 1. The molecule has 1 aliphatic heterocycles. The third-order valence-electron chi connectivity index (χ3n) is 3.17. The van der Waals surface area contributed by atoms with Crippen LogP contribution in [0, 0.1) is 11.3 Å². The predicted molar refractivity (Wildman–Crippen MR) is 71.9 cm³/mol. The fourth-order valence-electron chi connectivity index (χ4n) is 2.22. The summed E-state index contributed by atoms with van der Waals surface area (Å²) in [4.78, 5) is 4.24. The Morgan fingerprint density at radius 2 is 2.16 bits per heavy atom. The van der Waals surface area contributed by atoms with Crippen molar-refractivity contribution in [1.29, 1.82) is 5.26 Å². The third kappa shape index (κ3) is 2.36. The molecule has 4 heteroatoms. The molecule has 3 rings (SSSR count). The first-order valence-corrected chi connectivity index (χ1v) is 6.21. The number of pyridine rings is 1. The van der Waals surface area contributed by atoms with Crippen LogP contribution in [0.1, 0.15) is 23.6 Å². The van der Waals surface area contributed by atoms with E-state index in [9.17, 15) is 0 Å². The first kappa shape index (κ1) is 11.5. The molecule has 0 amide bonds. The van der Waals surface area contributed by atoms with E-state index in [4.69, 9.17) is 10.00 Å². The summed E-state index contributed by atoms with van der Waals surface area (Å²) in [5.41, 5.74) is 1.72. The molecule has 0 saturated heterocycles. The van der Waals surface area contributed by atoms with Gasteiger partial charge in [0, 0.05) is 18.2 Å². The highest BCUT2D eigenvalue weighted by Gasteiger charge is 2.20. The first-order chi connectivity index (χ1) is 9.36. The molecule has 0 bridgehead atoms. The molecule has 0 radical (unpaired) electrons. The lowest BCUT2D eigenvalue weighted by atomic mass is 10.0. The number of fused-ring (bicyclic) bond motifs is 1. The second kappa shape index (κ2) is 4.99. The Balaban J connectivity index is 1.82. The molecule has 0 spiro atoms. The Morgan fingerprint density at radius 1 is 1.26 bits per heavy atom. The highest BCUT2D eigenvalue weighted by atomic mass is 16.5. The van der Waals surface area contributed by atoms with Crippen molar-refractivity contribution >= 4 is 5.82 Å². The van der Waals surface area contributed by atoms with Crippen molar-refractivity contribution in [1.82, 2.24) is 4.98 Å². The van der Waals surface area contributed by atoms with Gasteiger partial charge in [-0.05, 0) is 18.2 Å².